The van der Waals surface area contributed by atoms with E-state index in [9.17, 15) is 14.4 Å². The zero-order valence-corrected chi connectivity index (χ0v) is 42.4. The standard InChI is InChI=1S/C57H106O6/c1-4-7-10-13-16-19-22-25-28-29-30-33-35-38-41-44-47-50-56(59)62-53-54(63-57(60)51-48-45-42-39-36-32-27-24-21-18-15-12-9-6-3)52-61-55(58)49-46-43-40-37-34-31-26-23-20-17-14-11-8-5-2/h24-25,27-28,54H,4-23,26,29-53H2,1-3H3/b27-24+,28-25+/t54-/m1/s1. The summed E-state index contributed by atoms with van der Waals surface area (Å²) in [6, 6.07) is 0. The Morgan fingerprint density at radius 1 is 0.302 bits per heavy atom. The summed E-state index contributed by atoms with van der Waals surface area (Å²) >= 11 is 0. The summed E-state index contributed by atoms with van der Waals surface area (Å²) in [7, 11) is 0. The van der Waals surface area contributed by atoms with Crippen molar-refractivity contribution in [2.45, 2.75) is 309 Å². The smallest absolute Gasteiger partial charge is 0.306 e. The van der Waals surface area contributed by atoms with Crippen molar-refractivity contribution in [2.24, 2.45) is 0 Å². The minimum absolute atomic E-state index is 0.0718. The molecular formula is C57H106O6. The highest BCUT2D eigenvalue weighted by Gasteiger charge is 2.19. The minimum Gasteiger partial charge on any atom is -0.462 e. The van der Waals surface area contributed by atoms with Crippen molar-refractivity contribution >= 4 is 17.9 Å². The number of rotatable bonds is 51. The molecule has 0 aliphatic carbocycles. The molecule has 0 aromatic heterocycles. The summed E-state index contributed by atoms with van der Waals surface area (Å²) in [4.78, 5) is 38.1. The van der Waals surface area contributed by atoms with Gasteiger partial charge in [-0.3, -0.25) is 14.4 Å². The van der Waals surface area contributed by atoms with Gasteiger partial charge in [0.05, 0.1) is 0 Å². The number of allylic oxidation sites excluding steroid dienone is 4. The molecule has 6 nitrogen and oxygen atoms in total. The highest BCUT2D eigenvalue weighted by atomic mass is 16.6. The van der Waals surface area contributed by atoms with Gasteiger partial charge in [0.2, 0.25) is 0 Å². The van der Waals surface area contributed by atoms with E-state index in [-0.39, 0.29) is 31.1 Å². The summed E-state index contributed by atoms with van der Waals surface area (Å²) in [5, 5.41) is 0. The molecule has 0 fully saturated rings. The number of carbonyl (C=O) groups is 3. The van der Waals surface area contributed by atoms with Crippen LogP contribution in [0.5, 0.6) is 0 Å². The lowest BCUT2D eigenvalue weighted by atomic mass is 10.0. The highest BCUT2D eigenvalue weighted by Crippen LogP contribution is 2.16. The molecule has 0 saturated carbocycles. The van der Waals surface area contributed by atoms with Gasteiger partial charge in [-0.2, -0.15) is 0 Å². The zero-order chi connectivity index (χ0) is 45.8. The van der Waals surface area contributed by atoms with E-state index in [2.05, 4.69) is 45.1 Å². The second kappa shape index (κ2) is 52.5. The van der Waals surface area contributed by atoms with Crippen molar-refractivity contribution in [2.75, 3.05) is 13.2 Å². The summed E-state index contributed by atoms with van der Waals surface area (Å²) in [5.74, 6) is -0.868. The summed E-state index contributed by atoms with van der Waals surface area (Å²) < 4.78 is 16.8. The molecule has 6 heteroatoms. The Labute approximate surface area is 392 Å². The Kier molecular flexibility index (Phi) is 50.8. The van der Waals surface area contributed by atoms with Gasteiger partial charge >= 0.3 is 17.9 Å². The van der Waals surface area contributed by atoms with Crippen LogP contribution in [0, 0.1) is 0 Å². The average molecular weight is 887 g/mol. The van der Waals surface area contributed by atoms with Gasteiger partial charge in [-0.1, -0.05) is 238 Å². The fraction of sp³-hybridized carbons (Fsp3) is 0.877. The molecule has 370 valence electrons. The predicted octanol–water partition coefficient (Wildman–Crippen LogP) is 18.3. The molecule has 0 radical (unpaired) electrons. The fourth-order valence-corrected chi connectivity index (χ4v) is 8.20. The van der Waals surface area contributed by atoms with Gasteiger partial charge in [0.25, 0.3) is 0 Å². The topological polar surface area (TPSA) is 78.9 Å². The third-order valence-corrected chi connectivity index (χ3v) is 12.4. The van der Waals surface area contributed by atoms with Gasteiger partial charge in [-0.15, -0.1) is 0 Å². The number of hydrogen-bond acceptors (Lipinski definition) is 6. The Morgan fingerprint density at radius 3 is 0.794 bits per heavy atom. The Hall–Kier alpha value is -2.11. The second-order valence-electron chi connectivity index (χ2n) is 18.8. The first-order chi connectivity index (χ1) is 31.0. The van der Waals surface area contributed by atoms with Crippen molar-refractivity contribution in [1.82, 2.24) is 0 Å². The van der Waals surface area contributed by atoms with E-state index in [1.165, 1.54) is 199 Å². The van der Waals surface area contributed by atoms with Crippen molar-refractivity contribution in [3.05, 3.63) is 24.3 Å². The Balaban J connectivity index is 4.34. The number of carbonyl (C=O) groups excluding carboxylic acids is 3. The quantitative estimate of drug-likeness (QED) is 0.0262. The van der Waals surface area contributed by atoms with Crippen molar-refractivity contribution < 1.29 is 28.6 Å². The third kappa shape index (κ3) is 50.7. The molecular weight excluding hydrogens is 781 g/mol. The molecule has 0 rings (SSSR count). The van der Waals surface area contributed by atoms with E-state index in [1.54, 1.807) is 0 Å². The lowest BCUT2D eigenvalue weighted by Crippen LogP contribution is -2.30. The maximum absolute atomic E-state index is 12.8. The van der Waals surface area contributed by atoms with Crippen molar-refractivity contribution in [3.63, 3.8) is 0 Å². The summed E-state index contributed by atoms with van der Waals surface area (Å²) in [6.45, 7) is 6.65. The molecule has 0 heterocycles. The maximum Gasteiger partial charge on any atom is 0.306 e. The van der Waals surface area contributed by atoms with E-state index in [4.69, 9.17) is 14.2 Å². The first-order valence-electron chi connectivity index (χ1n) is 27.8. The lowest BCUT2D eigenvalue weighted by Gasteiger charge is -2.18. The number of hydrogen-bond donors (Lipinski definition) is 0. The molecule has 0 N–H and O–H groups in total. The monoisotopic (exact) mass is 887 g/mol. The van der Waals surface area contributed by atoms with E-state index in [0.717, 1.165) is 64.2 Å². The van der Waals surface area contributed by atoms with Crippen LogP contribution in [0.1, 0.15) is 303 Å². The molecule has 0 spiro atoms. The van der Waals surface area contributed by atoms with Crippen LogP contribution in [-0.2, 0) is 28.6 Å². The normalized spacial score (nSPS) is 12.1. The summed E-state index contributed by atoms with van der Waals surface area (Å²) in [6.07, 6.45) is 60.2. The molecule has 0 bridgehead atoms. The number of ether oxygens (including phenoxy) is 3. The Bertz CT molecular complexity index is 1020. The first kappa shape index (κ1) is 60.9. The molecule has 0 aromatic carbocycles. The van der Waals surface area contributed by atoms with E-state index in [0.29, 0.717) is 19.3 Å². The van der Waals surface area contributed by atoms with Gasteiger partial charge in [0.1, 0.15) is 13.2 Å². The predicted molar refractivity (Wildman–Crippen MR) is 270 cm³/mol. The number of unbranched alkanes of at least 4 members (excludes halogenated alkanes) is 36. The van der Waals surface area contributed by atoms with E-state index < -0.39 is 6.10 Å². The molecule has 0 aromatic rings. The molecule has 1 atom stereocenters. The van der Waals surface area contributed by atoms with Gasteiger partial charge in [0, 0.05) is 19.3 Å². The molecule has 63 heavy (non-hydrogen) atoms. The largest absolute Gasteiger partial charge is 0.462 e. The fourth-order valence-electron chi connectivity index (χ4n) is 8.20. The zero-order valence-electron chi connectivity index (χ0n) is 42.4. The van der Waals surface area contributed by atoms with Gasteiger partial charge in [-0.05, 0) is 70.6 Å². The van der Waals surface area contributed by atoms with Gasteiger partial charge in [-0.25, -0.2) is 0 Å². The van der Waals surface area contributed by atoms with Crippen LogP contribution in [0.25, 0.3) is 0 Å². The highest BCUT2D eigenvalue weighted by molar-refractivity contribution is 5.71. The third-order valence-electron chi connectivity index (χ3n) is 12.4. The SMILES string of the molecule is CCCCCCC/C=C/CCCCCCCC(=O)O[C@@H](COC(=O)CCCCCCCCC/C=C/CCCCCCCC)COC(=O)CCCCCCCCCCCCCCCC. The van der Waals surface area contributed by atoms with Crippen LogP contribution in [0.3, 0.4) is 0 Å². The van der Waals surface area contributed by atoms with Crippen molar-refractivity contribution in [1.29, 1.82) is 0 Å². The average Bonchev–Trinajstić information content (AvgIpc) is 3.28. The van der Waals surface area contributed by atoms with Gasteiger partial charge < -0.3 is 14.2 Å². The molecule has 0 aliphatic rings. The van der Waals surface area contributed by atoms with Crippen molar-refractivity contribution in [3.8, 4) is 0 Å². The van der Waals surface area contributed by atoms with Crippen LogP contribution in [0.15, 0.2) is 24.3 Å². The van der Waals surface area contributed by atoms with E-state index >= 15 is 0 Å². The molecule has 0 amide bonds. The summed E-state index contributed by atoms with van der Waals surface area (Å²) in [5.41, 5.74) is 0. The lowest BCUT2D eigenvalue weighted by molar-refractivity contribution is -0.167. The van der Waals surface area contributed by atoms with E-state index in [1.807, 2.05) is 0 Å². The van der Waals surface area contributed by atoms with Crippen LogP contribution >= 0.6 is 0 Å². The van der Waals surface area contributed by atoms with Crippen LogP contribution in [0.2, 0.25) is 0 Å². The van der Waals surface area contributed by atoms with Crippen LogP contribution in [0.4, 0.5) is 0 Å². The van der Waals surface area contributed by atoms with Gasteiger partial charge in [0.15, 0.2) is 6.10 Å². The van der Waals surface area contributed by atoms with Crippen LogP contribution in [-0.4, -0.2) is 37.2 Å². The second-order valence-corrected chi connectivity index (χ2v) is 18.8. The number of esters is 3. The maximum atomic E-state index is 12.8. The van der Waals surface area contributed by atoms with Crippen LogP contribution < -0.4 is 0 Å². The molecule has 0 unspecified atom stereocenters. The first-order valence-corrected chi connectivity index (χ1v) is 27.8. The molecule has 0 saturated heterocycles. The minimum atomic E-state index is -0.773. The Morgan fingerprint density at radius 2 is 0.524 bits per heavy atom. The molecule has 0 aliphatic heterocycles.